The molecule has 0 aromatic heterocycles. The van der Waals surface area contributed by atoms with E-state index >= 15 is 0 Å². The maximum Gasteiger partial charge on any atom is 0.417 e. The molecule has 1 aliphatic rings. The molecule has 0 unspecified atom stereocenters. The average molecular weight is 169 g/mol. The topological polar surface area (TPSA) is 46.2 Å². The van der Waals surface area contributed by atoms with Gasteiger partial charge in [-0.15, -0.1) is 0 Å². The minimum absolute atomic E-state index is 0.165. The summed E-state index contributed by atoms with van der Waals surface area (Å²) in [6, 6.07) is 0. The second kappa shape index (κ2) is 2.35. The van der Waals surface area contributed by atoms with Crippen molar-refractivity contribution in [3.8, 4) is 0 Å². The smallest absolute Gasteiger partial charge is 0.380 e. The van der Waals surface area contributed by atoms with Gasteiger partial charge >= 0.3 is 6.18 Å². The molecule has 1 rings (SSSR count). The maximum atomic E-state index is 11.9. The summed E-state index contributed by atoms with van der Waals surface area (Å²) in [5.41, 5.74) is 2.67. The lowest BCUT2D eigenvalue weighted by molar-refractivity contribution is -0.297. The van der Waals surface area contributed by atoms with Gasteiger partial charge < -0.3 is 10.8 Å². The van der Waals surface area contributed by atoms with Crippen molar-refractivity contribution in [3.63, 3.8) is 0 Å². The van der Waals surface area contributed by atoms with Crippen LogP contribution in [0.4, 0.5) is 13.2 Å². The molecule has 0 aromatic carbocycles. The van der Waals surface area contributed by atoms with Crippen LogP contribution in [0.3, 0.4) is 0 Å². The lowest BCUT2D eigenvalue weighted by Gasteiger charge is -2.43. The first kappa shape index (κ1) is 8.80. The van der Waals surface area contributed by atoms with Gasteiger partial charge in [0.25, 0.3) is 0 Å². The van der Waals surface area contributed by atoms with E-state index in [0.717, 1.165) is 0 Å². The van der Waals surface area contributed by atoms with E-state index in [9.17, 15) is 13.2 Å². The minimum atomic E-state index is -4.49. The Balaban J connectivity index is 2.49. The van der Waals surface area contributed by atoms with Crippen molar-refractivity contribution in [2.24, 2.45) is 11.7 Å². The van der Waals surface area contributed by atoms with Gasteiger partial charge in [-0.25, -0.2) is 0 Å². The lowest BCUT2D eigenvalue weighted by atomic mass is 9.70. The SMILES string of the molecule is NCC1CC(O)(C(F)(F)F)C1. The monoisotopic (exact) mass is 169 g/mol. The Bertz CT molecular complexity index is 150. The summed E-state index contributed by atoms with van der Waals surface area (Å²) in [5, 5.41) is 8.87. The Morgan fingerprint density at radius 1 is 1.45 bits per heavy atom. The molecular formula is C6H10F3NO. The van der Waals surface area contributed by atoms with E-state index in [4.69, 9.17) is 10.8 Å². The van der Waals surface area contributed by atoms with Crippen molar-refractivity contribution in [3.05, 3.63) is 0 Å². The molecule has 0 aliphatic heterocycles. The van der Waals surface area contributed by atoms with Gasteiger partial charge in [-0.3, -0.25) is 0 Å². The fraction of sp³-hybridized carbons (Fsp3) is 1.00. The molecule has 5 heteroatoms. The first-order chi connectivity index (χ1) is 4.89. The zero-order valence-electron chi connectivity index (χ0n) is 5.86. The van der Waals surface area contributed by atoms with Gasteiger partial charge in [0.15, 0.2) is 5.60 Å². The third-order valence-electron chi connectivity index (χ3n) is 2.11. The van der Waals surface area contributed by atoms with E-state index in [2.05, 4.69) is 0 Å². The van der Waals surface area contributed by atoms with E-state index in [0.29, 0.717) is 0 Å². The zero-order chi connectivity index (χ0) is 8.70. The first-order valence-electron chi connectivity index (χ1n) is 3.38. The molecule has 0 aromatic rings. The van der Waals surface area contributed by atoms with Gasteiger partial charge in [-0.1, -0.05) is 0 Å². The highest BCUT2D eigenvalue weighted by molar-refractivity contribution is 4.99. The molecule has 1 saturated carbocycles. The van der Waals surface area contributed by atoms with Crippen molar-refractivity contribution in [1.82, 2.24) is 0 Å². The quantitative estimate of drug-likeness (QED) is 0.605. The first-order valence-corrected chi connectivity index (χ1v) is 3.38. The molecule has 0 heterocycles. The van der Waals surface area contributed by atoms with Gasteiger partial charge in [-0.05, 0) is 25.3 Å². The van der Waals surface area contributed by atoms with E-state index < -0.39 is 11.8 Å². The van der Waals surface area contributed by atoms with Crippen molar-refractivity contribution in [2.45, 2.75) is 24.6 Å². The van der Waals surface area contributed by atoms with Gasteiger partial charge in [0.05, 0.1) is 0 Å². The predicted octanol–water partition coefficient (Wildman–Crippen LogP) is 0.649. The van der Waals surface area contributed by atoms with Gasteiger partial charge in [0.1, 0.15) is 0 Å². The van der Waals surface area contributed by atoms with Crippen LogP contribution in [0, 0.1) is 5.92 Å². The van der Waals surface area contributed by atoms with Crippen LogP contribution in [0.2, 0.25) is 0 Å². The highest BCUT2D eigenvalue weighted by Gasteiger charge is 2.60. The van der Waals surface area contributed by atoms with Crippen molar-refractivity contribution >= 4 is 0 Å². The lowest BCUT2D eigenvalue weighted by Crippen LogP contribution is -2.56. The highest BCUT2D eigenvalue weighted by Crippen LogP contribution is 2.47. The molecule has 0 bridgehead atoms. The molecule has 1 fully saturated rings. The molecule has 66 valence electrons. The number of aliphatic hydroxyl groups is 1. The van der Waals surface area contributed by atoms with Crippen molar-refractivity contribution < 1.29 is 18.3 Å². The second-order valence-electron chi connectivity index (χ2n) is 3.04. The summed E-state index contributed by atoms with van der Waals surface area (Å²) in [5.74, 6) is -0.165. The van der Waals surface area contributed by atoms with Crippen LogP contribution >= 0.6 is 0 Å². The standard InChI is InChI=1S/C6H10F3NO/c7-6(8,9)5(11)1-4(2-5)3-10/h4,11H,1-3,10H2. The van der Waals surface area contributed by atoms with Crippen LogP contribution in [0.5, 0.6) is 0 Å². The van der Waals surface area contributed by atoms with Crippen LogP contribution in [0.1, 0.15) is 12.8 Å². The van der Waals surface area contributed by atoms with Gasteiger partial charge in [-0.2, -0.15) is 13.2 Å². The Kier molecular flexibility index (Phi) is 1.88. The molecule has 11 heavy (non-hydrogen) atoms. The fourth-order valence-corrected chi connectivity index (χ4v) is 1.29. The fourth-order valence-electron chi connectivity index (χ4n) is 1.29. The number of rotatable bonds is 1. The number of hydrogen-bond donors (Lipinski definition) is 2. The van der Waals surface area contributed by atoms with Crippen LogP contribution < -0.4 is 5.73 Å². The summed E-state index contributed by atoms with van der Waals surface area (Å²) >= 11 is 0. The molecule has 0 saturated heterocycles. The molecule has 1 aliphatic carbocycles. The number of nitrogens with two attached hydrogens (primary N) is 1. The van der Waals surface area contributed by atoms with Crippen molar-refractivity contribution in [1.29, 1.82) is 0 Å². The Morgan fingerprint density at radius 2 is 1.91 bits per heavy atom. The number of halogens is 3. The molecule has 0 spiro atoms. The average Bonchev–Trinajstić information content (AvgIpc) is 1.78. The second-order valence-corrected chi connectivity index (χ2v) is 3.04. The number of alkyl halides is 3. The van der Waals surface area contributed by atoms with Gasteiger partial charge in [0.2, 0.25) is 0 Å². The predicted molar refractivity (Wildman–Crippen MR) is 32.8 cm³/mol. The zero-order valence-corrected chi connectivity index (χ0v) is 5.86. The molecule has 3 N–H and O–H groups in total. The third kappa shape index (κ3) is 1.35. The Labute approximate surface area is 62.2 Å². The summed E-state index contributed by atoms with van der Waals surface area (Å²) in [7, 11) is 0. The van der Waals surface area contributed by atoms with E-state index in [1.807, 2.05) is 0 Å². The summed E-state index contributed by atoms with van der Waals surface area (Å²) in [6.07, 6.45) is -4.97. The van der Waals surface area contributed by atoms with E-state index in [1.54, 1.807) is 0 Å². The maximum absolute atomic E-state index is 11.9. The third-order valence-corrected chi connectivity index (χ3v) is 2.11. The van der Waals surface area contributed by atoms with E-state index in [1.165, 1.54) is 0 Å². The molecule has 2 nitrogen and oxygen atoms in total. The molecule has 0 atom stereocenters. The summed E-state index contributed by atoms with van der Waals surface area (Å²) in [4.78, 5) is 0. The molecular weight excluding hydrogens is 159 g/mol. The van der Waals surface area contributed by atoms with Crippen molar-refractivity contribution in [2.75, 3.05) is 6.54 Å². The van der Waals surface area contributed by atoms with Crippen LogP contribution in [0.25, 0.3) is 0 Å². The van der Waals surface area contributed by atoms with Gasteiger partial charge in [0, 0.05) is 0 Å². The van der Waals surface area contributed by atoms with Crippen LogP contribution in [0.15, 0.2) is 0 Å². The normalized spacial score (nSPS) is 38.5. The Hall–Kier alpha value is -0.290. The highest BCUT2D eigenvalue weighted by atomic mass is 19.4. The minimum Gasteiger partial charge on any atom is -0.380 e. The number of hydrogen-bond acceptors (Lipinski definition) is 2. The molecule has 0 radical (unpaired) electrons. The summed E-state index contributed by atoms with van der Waals surface area (Å²) in [6.45, 7) is 0.221. The largest absolute Gasteiger partial charge is 0.417 e. The Morgan fingerprint density at radius 3 is 2.18 bits per heavy atom. The van der Waals surface area contributed by atoms with Crippen LogP contribution in [-0.4, -0.2) is 23.4 Å². The summed E-state index contributed by atoms with van der Waals surface area (Å²) < 4.78 is 35.7. The van der Waals surface area contributed by atoms with E-state index in [-0.39, 0.29) is 25.3 Å². The molecule has 0 amide bonds. The van der Waals surface area contributed by atoms with Crippen LogP contribution in [-0.2, 0) is 0 Å².